The normalized spacial score (nSPS) is 25.6. The van der Waals surface area contributed by atoms with E-state index in [-0.39, 0.29) is 12.1 Å². The molecule has 1 aromatic rings. The Morgan fingerprint density at radius 2 is 2.00 bits per heavy atom. The summed E-state index contributed by atoms with van der Waals surface area (Å²) in [5.41, 5.74) is 0. The molecule has 1 saturated heterocycles. The van der Waals surface area contributed by atoms with Gasteiger partial charge in [0.2, 0.25) is 6.41 Å². The molecule has 0 aliphatic carbocycles. The molecular formula is C12H17N3O. The minimum atomic E-state index is 0.239. The molecule has 2 heterocycles. The zero-order chi connectivity index (χ0) is 11.5. The Balaban J connectivity index is 2.13. The summed E-state index contributed by atoms with van der Waals surface area (Å²) in [7, 11) is 0. The van der Waals surface area contributed by atoms with Gasteiger partial charge in [0.1, 0.15) is 5.82 Å². The Morgan fingerprint density at radius 1 is 1.31 bits per heavy atom. The first-order chi connectivity index (χ1) is 7.72. The van der Waals surface area contributed by atoms with E-state index in [9.17, 15) is 4.79 Å². The highest BCUT2D eigenvalue weighted by molar-refractivity contribution is 5.51. The van der Waals surface area contributed by atoms with Crippen LogP contribution in [0.2, 0.25) is 0 Å². The van der Waals surface area contributed by atoms with Gasteiger partial charge in [0, 0.05) is 31.4 Å². The van der Waals surface area contributed by atoms with Crippen molar-refractivity contribution in [3.63, 3.8) is 0 Å². The maximum Gasteiger partial charge on any atom is 0.210 e. The molecule has 0 aromatic carbocycles. The predicted octanol–water partition coefficient (Wildman–Crippen LogP) is 1.14. The van der Waals surface area contributed by atoms with Gasteiger partial charge >= 0.3 is 0 Å². The average molecular weight is 219 g/mol. The number of rotatable bonds is 2. The van der Waals surface area contributed by atoms with E-state index < -0.39 is 0 Å². The Kier molecular flexibility index (Phi) is 3.08. The molecule has 86 valence electrons. The van der Waals surface area contributed by atoms with Crippen LogP contribution in [0.5, 0.6) is 0 Å². The van der Waals surface area contributed by atoms with Crippen LogP contribution in [0.15, 0.2) is 24.4 Å². The lowest BCUT2D eigenvalue weighted by molar-refractivity contribution is -0.122. The van der Waals surface area contributed by atoms with E-state index in [1.165, 1.54) is 0 Å². The predicted molar refractivity (Wildman–Crippen MR) is 63.3 cm³/mol. The van der Waals surface area contributed by atoms with Crippen LogP contribution in [0.4, 0.5) is 5.82 Å². The van der Waals surface area contributed by atoms with E-state index in [0.717, 1.165) is 25.3 Å². The number of hydrogen-bond acceptors (Lipinski definition) is 3. The lowest BCUT2D eigenvalue weighted by Crippen LogP contribution is -2.56. The molecule has 1 fully saturated rings. The molecule has 4 nitrogen and oxygen atoms in total. The van der Waals surface area contributed by atoms with E-state index in [2.05, 4.69) is 23.7 Å². The fraction of sp³-hybridized carbons (Fsp3) is 0.500. The van der Waals surface area contributed by atoms with Crippen LogP contribution in [0, 0.1) is 0 Å². The summed E-state index contributed by atoms with van der Waals surface area (Å²) in [6.45, 7) is 5.83. The van der Waals surface area contributed by atoms with Crippen LogP contribution >= 0.6 is 0 Å². The van der Waals surface area contributed by atoms with Crippen molar-refractivity contribution in [2.75, 3.05) is 18.0 Å². The van der Waals surface area contributed by atoms with Crippen molar-refractivity contribution in [3.8, 4) is 0 Å². The van der Waals surface area contributed by atoms with Gasteiger partial charge in [-0.2, -0.15) is 0 Å². The van der Waals surface area contributed by atoms with E-state index in [1.807, 2.05) is 23.1 Å². The molecule has 1 amide bonds. The third-order valence-corrected chi connectivity index (χ3v) is 3.08. The molecule has 1 aliphatic heterocycles. The standard InChI is InChI=1S/C12H17N3O/c1-10-7-14(8-11(2)15(10)9-16)12-5-3-4-6-13-12/h3-6,9-11H,7-8H2,1-2H3. The maximum atomic E-state index is 10.9. The van der Waals surface area contributed by atoms with E-state index in [1.54, 1.807) is 6.20 Å². The first-order valence-electron chi connectivity index (χ1n) is 5.61. The van der Waals surface area contributed by atoms with Crippen molar-refractivity contribution >= 4 is 12.2 Å². The quantitative estimate of drug-likeness (QED) is 0.700. The van der Waals surface area contributed by atoms with Gasteiger partial charge in [-0.1, -0.05) is 6.07 Å². The summed E-state index contributed by atoms with van der Waals surface area (Å²) < 4.78 is 0. The van der Waals surface area contributed by atoms with Gasteiger partial charge in [0.15, 0.2) is 0 Å². The Hall–Kier alpha value is -1.58. The van der Waals surface area contributed by atoms with E-state index >= 15 is 0 Å². The van der Waals surface area contributed by atoms with Gasteiger partial charge in [0.05, 0.1) is 0 Å². The molecule has 2 rings (SSSR count). The van der Waals surface area contributed by atoms with Crippen molar-refractivity contribution in [3.05, 3.63) is 24.4 Å². The lowest BCUT2D eigenvalue weighted by Gasteiger charge is -2.42. The molecule has 16 heavy (non-hydrogen) atoms. The van der Waals surface area contributed by atoms with Crippen LogP contribution in [0.1, 0.15) is 13.8 Å². The Bertz CT molecular complexity index is 343. The topological polar surface area (TPSA) is 36.4 Å². The second-order valence-corrected chi connectivity index (χ2v) is 4.34. The monoisotopic (exact) mass is 219 g/mol. The summed E-state index contributed by atoms with van der Waals surface area (Å²) in [4.78, 5) is 19.4. The number of amides is 1. The molecule has 2 atom stereocenters. The van der Waals surface area contributed by atoms with Crippen LogP contribution in [-0.2, 0) is 4.79 Å². The first-order valence-corrected chi connectivity index (χ1v) is 5.61. The summed E-state index contributed by atoms with van der Waals surface area (Å²) in [5, 5.41) is 0. The van der Waals surface area contributed by atoms with Gasteiger partial charge in [-0.25, -0.2) is 4.98 Å². The maximum absolute atomic E-state index is 10.9. The number of carbonyl (C=O) groups excluding carboxylic acids is 1. The third kappa shape index (κ3) is 2.01. The van der Waals surface area contributed by atoms with Gasteiger partial charge in [-0.15, -0.1) is 0 Å². The molecule has 2 unspecified atom stereocenters. The molecule has 0 radical (unpaired) electrons. The SMILES string of the molecule is CC1CN(c2ccccn2)CC(C)N1C=O. The van der Waals surface area contributed by atoms with Crippen molar-refractivity contribution < 1.29 is 4.79 Å². The van der Waals surface area contributed by atoms with Crippen LogP contribution in [0.25, 0.3) is 0 Å². The molecule has 1 aliphatic rings. The van der Waals surface area contributed by atoms with E-state index in [4.69, 9.17) is 0 Å². The second kappa shape index (κ2) is 4.51. The van der Waals surface area contributed by atoms with E-state index in [0.29, 0.717) is 0 Å². The number of aromatic nitrogens is 1. The summed E-state index contributed by atoms with van der Waals surface area (Å²) >= 11 is 0. The highest BCUT2D eigenvalue weighted by Gasteiger charge is 2.28. The molecule has 0 spiro atoms. The summed E-state index contributed by atoms with van der Waals surface area (Å²) in [6.07, 6.45) is 2.75. The Labute approximate surface area is 95.9 Å². The summed E-state index contributed by atoms with van der Waals surface area (Å²) in [5.74, 6) is 0.992. The fourth-order valence-corrected chi connectivity index (χ4v) is 2.27. The van der Waals surface area contributed by atoms with Crippen molar-refractivity contribution in [2.24, 2.45) is 0 Å². The van der Waals surface area contributed by atoms with Gasteiger partial charge in [-0.05, 0) is 26.0 Å². The Morgan fingerprint density at radius 3 is 2.50 bits per heavy atom. The van der Waals surface area contributed by atoms with Gasteiger partial charge in [0.25, 0.3) is 0 Å². The molecule has 0 saturated carbocycles. The minimum Gasteiger partial charge on any atom is -0.353 e. The average Bonchev–Trinajstić information content (AvgIpc) is 2.30. The van der Waals surface area contributed by atoms with Crippen molar-refractivity contribution in [1.82, 2.24) is 9.88 Å². The van der Waals surface area contributed by atoms with Gasteiger partial charge in [-0.3, -0.25) is 4.79 Å². The number of pyridine rings is 1. The molecule has 0 N–H and O–H groups in total. The number of piperazine rings is 1. The first kappa shape index (κ1) is 10.9. The molecule has 4 heteroatoms. The minimum absolute atomic E-state index is 0.239. The molecule has 1 aromatic heterocycles. The number of hydrogen-bond donors (Lipinski definition) is 0. The van der Waals surface area contributed by atoms with Crippen LogP contribution in [-0.4, -0.2) is 41.5 Å². The zero-order valence-corrected chi connectivity index (χ0v) is 9.71. The summed E-state index contributed by atoms with van der Waals surface area (Å²) in [6, 6.07) is 6.39. The number of nitrogens with zero attached hydrogens (tertiary/aromatic N) is 3. The zero-order valence-electron chi connectivity index (χ0n) is 9.71. The molecular weight excluding hydrogens is 202 g/mol. The third-order valence-electron chi connectivity index (χ3n) is 3.08. The highest BCUT2D eigenvalue weighted by atomic mass is 16.1. The highest BCUT2D eigenvalue weighted by Crippen LogP contribution is 2.18. The second-order valence-electron chi connectivity index (χ2n) is 4.34. The number of anilines is 1. The smallest absolute Gasteiger partial charge is 0.210 e. The lowest BCUT2D eigenvalue weighted by atomic mass is 10.1. The largest absolute Gasteiger partial charge is 0.353 e. The molecule has 0 bridgehead atoms. The van der Waals surface area contributed by atoms with Crippen molar-refractivity contribution in [1.29, 1.82) is 0 Å². The number of carbonyl (C=O) groups is 1. The van der Waals surface area contributed by atoms with Crippen molar-refractivity contribution in [2.45, 2.75) is 25.9 Å². The van der Waals surface area contributed by atoms with Crippen LogP contribution < -0.4 is 4.90 Å². The van der Waals surface area contributed by atoms with Crippen LogP contribution in [0.3, 0.4) is 0 Å². The van der Waals surface area contributed by atoms with Gasteiger partial charge < -0.3 is 9.80 Å². The fourth-order valence-electron chi connectivity index (χ4n) is 2.27.